The predicted octanol–water partition coefficient (Wildman–Crippen LogP) is 2.97. The lowest BCUT2D eigenvalue weighted by Gasteiger charge is -1.94. The Morgan fingerprint density at radius 3 is 2.94 bits per heavy atom. The van der Waals surface area contributed by atoms with Crippen LogP contribution in [0, 0.1) is 0 Å². The molecule has 0 amide bonds. The van der Waals surface area contributed by atoms with Crippen molar-refractivity contribution in [3.05, 3.63) is 48.9 Å². The lowest BCUT2D eigenvalue weighted by atomic mass is 10.2. The zero-order chi connectivity index (χ0) is 10.5. The summed E-state index contributed by atoms with van der Waals surface area (Å²) < 4.78 is 2.03. The maximum Gasteiger partial charge on any atom is 0.161 e. The van der Waals surface area contributed by atoms with Crippen LogP contribution in [0.15, 0.2) is 48.9 Å². The van der Waals surface area contributed by atoms with Gasteiger partial charge in [-0.05, 0) is 12.1 Å². The average molecular weight is 207 g/mol. The Bertz CT molecular complexity index is 808. The summed E-state index contributed by atoms with van der Waals surface area (Å²) in [5.41, 5.74) is 3.25. The van der Waals surface area contributed by atoms with E-state index < -0.39 is 0 Å². The number of imidazole rings is 1. The molecule has 0 unspecified atom stereocenters. The molecule has 3 heterocycles. The van der Waals surface area contributed by atoms with Gasteiger partial charge < -0.3 is 9.38 Å². The van der Waals surface area contributed by atoms with Crippen molar-refractivity contribution in [2.75, 3.05) is 0 Å². The van der Waals surface area contributed by atoms with Gasteiger partial charge in [0.2, 0.25) is 0 Å². The van der Waals surface area contributed by atoms with E-state index >= 15 is 0 Å². The number of para-hydroxylation sites is 1. The zero-order valence-corrected chi connectivity index (χ0v) is 8.51. The van der Waals surface area contributed by atoms with Gasteiger partial charge >= 0.3 is 0 Å². The molecule has 3 aromatic heterocycles. The molecule has 16 heavy (non-hydrogen) atoms. The first-order valence-electron chi connectivity index (χ1n) is 5.25. The molecule has 0 atom stereocenters. The Morgan fingerprint density at radius 2 is 1.94 bits per heavy atom. The fraction of sp³-hybridized carbons (Fsp3) is 0. The van der Waals surface area contributed by atoms with Crippen LogP contribution >= 0.6 is 0 Å². The quantitative estimate of drug-likeness (QED) is 0.472. The fourth-order valence-electron chi connectivity index (χ4n) is 2.29. The summed E-state index contributed by atoms with van der Waals surface area (Å²) in [5.74, 6) is 0. The SMILES string of the molecule is c1ccc2c(c1)[nH]c1c2ccn2ccnc12. The maximum absolute atomic E-state index is 4.37. The fourth-order valence-corrected chi connectivity index (χ4v) is 2.29. The first kappa shape index (κ1) is 7.93. The van der Waals surface area contributed by atoms with Gasteiger partial charge in [-0.3, -0.25) is 0 Å². The highest BCUT2D eigenvalue weighted by molar-refractivity contribution is 6.11. The molecule has 0 bridgehead atoms. The van der Waals surface area contributed by atoms with Gasteiger partial charge in [-0.15, -0.1) is 0 Å². The summed E-state index contributed by atoms with van der Waals surface area (Å²) in [6, 6.07) is 10.5. The molecule has 0 radical (unpaired) electrons. The molecule has 0 spiro atoms. The number of hydrogen-bond donors (Lipinski definition) is 1. The Kier molecular flexibility index (Phi) is 1.31. The van der Waals surface area contributed by atoms with E-state index in [1.54, 1.807) is 0 Å². The van der Waals surface area contributed by atoms with Crippen molar-refractivity contribution >= 4 is 27.5 Å². The first-order chi connectivity index (χ1) is 7.93. The molecule has 4 rings (SSSR count). The van der Waals surface area contributed by atoms with Gasteiger partial charge in [-0.1, -0.05) is 18.2 Å². The van der Waals surface area contributed by atoms with Crippen LogP contribution in [-0.4, -0.2) is 14.4 Å². The number of aromatic amines is 1. The second kappa shape index (κ2) is 2.64. The van der Waals surface area contributed by atoms with E-state index in [4.69, 9.17) is 0 Å². The molecule has 4 aromatic rings. The van der Waals surface area contributed by atoms with Gasteiger partial charge in [0.25, 0.3) is 0 Å². The highest BCUT2D eigenvalue weighted by Crippen LogP contribution is 2.26. The molecule has 0 saturated heterocycles. The minimum atomic E-state index is 0.980. The largest absolute Gasteiger partial charge is 0.351 e. The average Bonchev–Trinajstić information content (AvgIpc) is 2.92. The topological polar surface area (TPSA) is 33.1 Å². The normalized spacial score (nSPS) is 11.8. The minimum absolute atomic E-state index is 0.980. The number of nitrogens with one attached hydrogen (secondary N) is 1. The number of fused-ring (bicyclic) bond motifs is 5. The molecule has 0 aliphatic rings. The van der Waals surface area contributed by atoms with E-state index in [0.29, 0.717) is 0 Å². The Labute approximate surface area is 91.3 Å². The lowest BCUT2D eigenvalue weighted by molar-refractivity contribution is 1.20. The van der Waals surface area contributed by atoms with Crippen molar-refractivity contribution in [1.82, 2.24) is 14.4 Å². The van der Waals surface area contributed by atoms with Crippen LogP contribution in [0.3, 0.4) is 0 Å². The first-order valence-corrected chi connectivity index (χ1v) is 5.25. The summed E-state index contributed by atoms with van der Waals surface area (Å²) in [7, 11) is 0. The van der Waals surface area contributed by atoms with Gasteiger partial charge in [-0.2, -0.15) is 0 Å². The van der Waals surface area contributed by atoms with Crippen LogP contribution < -0.4 is 0 Å². The second-order valence-electron chi connectivity index (χ2n) is 3.93. The molecule has 0 fully saturated rings. The van der Waals surface area contributed by atoms with Gasteiger partial charge in [-0.25, -0.2) is 4.98 Å². The van der Waals surface area contributed by atoms with Crippen molar-refractivity contribution < 1.29 is 0 Å². The van der Waals surface area contributed by atoms with Crippen molar-refractivity contribution in [2.45, 2.75) is 0 Å². The zero-order valence-electron chi connectivity index (χ0n) is 8.51. The molecule has 76 valence electrons. The molecule has 1 N–H and O–H groups in total. The molecule has 0 aliphatic heterocycles. The third kappa shape index (κ3) is 0.852. The summed E-state index contributed by atoms with van der Waals surface area (Å²) in [4.78, 5) is 7.80. The van der Waals surface area contributed by atoms with Gasteiger partial charge in [0.05, 0.1) is 5.52 Å². The number of rotatable bonds is 0. The highest BCUT2D eigenvalue weighted by Gasteiger charge is 2.07. The van der Waals surface area contributed by atoms with Crippen LogP contribution in [0.25, 0.3) is 27.5 Å². The monoisotopic (exact) mass is 207 g/mol. The number of benzene rings is 1. The van der Waals surface area contributed by atoms with Crippen LogP contribution in [0.1, 0.15) is 0 Å². The van der Waals surface area contributed by atoms with E-state index in [2.05, 4.69) is 34.2 Å². The number of H-pyrrole nitrogens is 1. The van der Waals surface area contributed by atoms with Crippen molar-refractivity contribution in [3.8, 4) is 0 Å². The molecular formula is C13H9N3. The van der Waals surface area contributed by atoms with Crippen molar-refractivity contribution in [3.63, 3.8) is 0 Å². The van der Waals surface area contributed by atoms with E-state index in [9.17, 15) is 0 Å². The van der Waals surface area contributed by atoms with Gasteiger partial charge in [0, 0.05) is 34.9 Å². The number of pyridine rings is 1. The van der Waals surface area contributed by atoms with E-state index in [1.165, 1.54) is 10.8 Å². The molecule has 3 heteroatoms. The van der Waals surface area contributed by atoms with Crippen LogP contribution in [-0.2, 0) is 0 Å². The molecular weight excluding hydrogens is 198 g/mol. The third-order valence-corrected chi connectivity index (χ3v) is 3.04. The van der Waals surface area contributed by atoms with E-state index in [0.717, 1.165) is 16.7 Å². The van der Waals surface area contributed by atoms with Crippen LogP contribution in [0.4, 0.5) is 0 Å². The molecule has 0 saturated carbocycles. The summed E-state index contributed by atoms with van der Waals surface area (Å²) in [5, 5.41) is 2.48. The highest BCUT2D eigenvalue weighted by atomic mass is 15.0. The lowest BCUT2D eigenvalue weighted by Crippen LogP contribution is -1.82. The van der Waals surface area contributed by atoms with Gasteiger partial charge in [0.15, 0.2) is 5.65 Å². The second-order valence-corrected chi connectivity index (χ2v) is 3.93. The standard InChI is InChI=1S/C13H9N3/c1-2-4-11-9(3-1)10-5-7-16-8-6-14-13(16)12(10)15-11/h1-8,15H. The van der Waals surface area contributed by atoms with Crippen molar-refractivity contribution in [2.24, 2.45) is 0 Å². The molecule has 1 aromatic carbocycles. The summed E-state index contributed by atoms with van der Waals surface area (Å²) in [6.07, 6.45) is 5.82. The molecule has 0 aliphatic carbocycles. The minimum Gasteiger partial charge on any atom is -0.351 e. The maximum atomic E-state index is 4.37. The smallest absolute Gasteiger partial charge is 0.161 e. The Morgan fingerprint density at radius 1 is 1.00 bits per heavy atom. The third-order valence-electron chi connectivity index (χ3n) is 3.04. The van der Waals surface area contributed by atoms with Crippen molar-refractivity contribution in [1.29, 1.82) is 0 Å². The van der Waals surface area contributed by atoms with Crippen LogP contribution in [0.2, 0.25) is 0 Å². The van der Waals surface area contributed by atoms with Crippen LogP contribution in [0.5, 0.6) is 0 Å². The molecule has 3 nitrogen and oxygen atoms in total. The van der Waals surface area contributed by atoms with Gasteiger partial charge in [0.1, 0.15) is 0 Å². The van der Waals surface area contributed by atoms with E-state index in [1.807, 2.05) is 29.1 Å². The number of nitrogens with zero attached hydrogens (tertiary/aromatic N) is 2. The number of hydrogen-bond acceptors (Lipinski definition) is 1. The Balaban J connectivity index is 2.38. The predicted molar refractivity (Wildman–Crippen MR) is 64.6 cm³/mol. The summed E-state index contributed by atoms with van der Waals surface area (Å²) >= 11 is 0. The Hall–Kier alpha value is -2.29. The summed E-state index contributed by atoms with van der Waals surface area (Å²) in [6.45, 7) is 0. The number of aromatic nitrogens is 3. The van der Waals surface area contributed by atoms with E-state index in [-0.39, 0.29) is 0 Å².